The molecule has 0 radical (unpaired) electrons. The Morgan fingerprint density at radius 2 is 2.12 bits per heavy atom. The zero-order valence-corrected chi connectivity index (χ0v) is 9.46. The third-order valence-electron chi connectivity index (χ3n) is 2.13. The Hall–Kier alpha value is -1.50. The molecule has 1 unspecified atom stereocenters. The molecule has 1 aromatic heterocycles. The molecule has 86 valence electrons. The topological polar surface area (TPSA) is 38.1 Å². The molecule has 0 aliphatic carbocycles. The smallest absolute Gasteiger partial charge is 0.269 e. The van der Waals surface area contributed by atoms with Gasteiger partial charge in [0.05, 0.1) is 5.52 Å². The predicted octanol–water partition coefficient (Wildman–Crippen LogP) is 1.37. The molecule has 0 spiro atoms. The summed E-state index contributed by atoms with van der Waals surface area (Å²) in [5.41, 5.74) is 0.392. The third kappa shape index (κ3) is 1.57. The van der Waals surface area contributed by atoms with Crippen LogP contribution in [0.5, 0.6) is 0 Å². The number of hydrogen-bond donors (Lipinski definition) is 0. The highest BCUT2D eigenvalue weighted by molar-refractivity contribution is 7.79. The molecule has 2 rings (SSSR count). The summed E-state index contributed by atoms with van der Waals surface area (Å²) < 4.78 is 38.4. The standard InChI is InChI=1S/C9H9F2N3OS/c1-13(2)14-7-5-3-4-6(10)8(7)12-9(14)16(11)15/h3-5H,1-2H3. The van der Waals surface area contributed by atoms with Gasteiger partial charge in [0, 0.05) is 14.1 Å². The molecule has 0 N–H and O–H groups in total. The third-order valence-corrected chi connectivity index (χ3v) is 2.68. The van der Waals surface area contributed by atoms with E-state index in [1.807, 2.05) is 0 Å². The Morgan fingerprint density at radius 3 is 2.69 bits per heavy atom. The molecule has 0 fully saturated rings. The lowest BCUT2D eigenvalue weighted by Gasteiger charge is -2.16. The van der Waals surface area contributed by atoms with Crippen LogP contribution in [0.25, 0.3) is 11.0 Å². The summed E-state index contributed by atoms with van der Waals surface area (Å²) in [6.07, 6.45) is 0. The number of aromatic nitrogens is 2. The Morgan fingerprint density at radius 1 is 1.44 bits per heavy atom. The van der Waals surface area contributed by atoms with Gasteiger partial charge in [0.25, 0.3) is 16.3 Å². The molecule has 0 aliphatic rings. The number of para-hydroxylation sites is 1. The van der Waals surface area contributed by atoms with Gasteiger partial charge in [-0.15, -0.1) is 3.89 Å². The van der Waals surface area contributed by atoms with Gasteiger partial charge in [-0.25, -0.2) is 18.3 Å². The Labute approximate surface area is 93.2 Å². The Balaban J connectivity index is 2.86. The van der Waals surface area contributed by atoms with E-state index in [4.69, 9.17) is 0 Å². The molecule has 1 aromatic carbocycles. The monoisotopic (exact) mass is 245 g/mol. The first-order valence-corrected chi connectivity index (χ1v) is 5.50. The van der Waals surface area contributed by atoms with Crippen LogP contribution in [0.15, 0.2) is 23.4 Å². The number of benzene rings is 1. The first-order valence-electron chi connectivity index (χ1n) is 4.45. The average molecular weight is 245 g/mol. The molecule has 0 saturated heterocycles. The summed E-state index contributed by atoms with van der Waals surface area (Å²) >= 11 is -2.76. The van der Waals surface area contributed by atoms with E-state index < -0.39 is 17.0 Å². The lowest BCUT2D eigenvalue weighted by atomic mass is 10.3. The van der Waals surface area contributed by atoms with E-state index in [0.29, 0.717) is 5.52 Å². The van der Waals surface area contributed by atoms with Crippen molar-refractivity contribution in [1.82, 2.24) is 9.66 Å². The fraction of sp³-hybridized carbons (Fsp3) is 0.222. The maximum absolute atomic E-state index is 13.4. The number of hydrogen-bond acceptors (Lipinski definition) is 3. The Bertz CT molecular complexity index is 567. The summed E-state index contributed by atoms with van der Waals surface area (Å²) in [5, 5.41) is 1.17. The zero-order chi connectivity index (χ0) is 11.9. The molecule has 2 aromatic rings. The van der Waals surface area contributed by atoms with Gasteiger partial charge >= 0.3 is 0 Å². The summed E-state index contributed by atoms with van der Waals surface area (Å²) in [6, 6.07) is 4.30. The highest BCUT2D eigenvalue weighted by Crippen LogP contribution is 2.21. The summed E-state index contributed by atoms with van der Waals surface area (Å²) in [4.78, 5) is 3.70. The maximum atomic E-state index is 13.4. The van der Waals surface area contributed by atoms with Crippen LogP contribution >= 0.6 is 0 Å². The van der Waals surface area contributed by atoms with Crippen LogP contribution in [0.1, 0.15) is 0 Å². The Kier molecular flexibility index (Phi) is 2.63. The number of imidazole rings is 1. The van der Waals surface area contributed by atoms with E-state index in [2.05, 4.69) is 4.98 Å². The minimum atomic E-state index is -2.76. The minimum absolute atomic E-state index is 0.0113. The largest absolute Gasteiger partial charge is 0.316 e. The van der Waals surface area contributed by atoms with Crippen molar-refractivity contribution < 1.29 is 12.5 Å². The van der Waals surface area contributed by atoms with Crippen LogP contribution in [0.3, 0.4) is 0 Å². The van der Waals surface area contributed by atoms with E-state index in [9.17, 15) is 12.5 Å². The SMILES string of the molecule is CN(C)n1c(S(=O)F)nc2c(F)cccc21. The normalized spacial score (nSPS) is 13.0. The van der Waals surface area contributed by atoms with Crippen molar-refractivity contribution >= 4 is 22.2 Å². The van der Waals surface area contributed by atoms with Crippen molar-refractivity contribution in [3.63, 3.8) is 0 Å². The van der Waals surface area contributed by atoms with Crippen molar-refractivity contribution in [2.45, 2.75) is 5.16 Å². The van der Waals surface area contributed by atoms with E-state index >= 15 is 0 Å². The predicted molar refractivity (Wildman–Crippen MR) is 57.3 cm³/mol. The summed E-state index contributed by atoms with van der Waals surface area (Å²) in [5.74, 6) is -0.565. The van der Waals surface area contributed by atoms with Gasteiger partial charge in [0.2, 0.25) is 0 Å². The minimum Gasteiger partial charge on any atom is -0.316 e. The van der Waals surface area contributed by atoms with Crippen LogP contribution in [0, 0.1) is 5.82 Å². The molecule has 0 amide bonds. The van der Waals surface area contributed by atoms with Crippen LogP contribution in [-0.4, -0.2) is 28.0 Å². The van der Waals surface area contributed by atoms with Gasteiger partial charge in [-0.1, -0.05) is 6.07 Å². The number of fused-ring (bicyclic) bond motifs is 1. The molecule has 0 aliphatic heterocycles. The second-order valence-corrected chi connectivity index (χ2v) is 4.20. The second-order valence-electron chi connectivity index (χ2n) is 3.38. The fourth-order valence-electron chi connectivity index (χ4n) is 1.52. The number of rotatable bonds is 2. The molecule has 4 nitrogen and oxygen atoms in total. The fourth-order valence-corrected chi connectivity index (χ4v) is 2.08. The molecular weight excluding hydrogens is 236 g/mol. The molecule has 7 heteroatoms. The van der Waals surface area contributed by atoms with Crippen molar-refractivity contribution in [2.24, 2.45) is 0 Å². The van der Waals surface area contributed by atoms with Gasteiger partial charge in [0.15, 0.2) is 5.82 Å². The quantitative estimate of drug-likeness (QED) is 0.750. The van der Waals surface area contributed by atoms with Crippen molar-refractivity contribution in [3.05, 3.63) is 24.0 Å². The maximum Gasteiger partial charge on any atom is 0.269 e. The first-order chi connectivity index (χ1) is 7.52. The lowest BCUT2D eigenvalue weighted by molar-refractivity contribution is 0.609. The van der Waals surface area contributed by atoms with Crippen LogP contribution in [0.2, 0.25) is 0 Å². The summed E-state index contributed by atoms with van der Waals surface area (Å²) in [6.45, 7) is 0. The van der Waals surface area contributed by atoms with Crippen molar-refractivity contribution in [1.29, 1.82) is 0 Å². The van der Waals surface area contributed by atoms with Gasteiger partial charge < -0.3 is 5.01 Å². The van der Waals surface area contributed by atoms with E-state index in [1.165, 1.54) is 21.8 Å². The molecule has 0 bridgehead atoms. The van der Waals surface area contributed by atoms with Gasteiger partial charge in [-0.3, -0.25) is 0 Å². The average Bonchev–Trinajstić information content (AvgIpc) is 2.58. The zero-order valence-electron chi connectivity index (χ0n) is 8.65. The summed E-state index contributed by atoms with van der Waals surface area (Å²) in [7, 11) is 3.25. The van der Waals surface area contributed by atoms with Gasteiger partial charge in [0.1, 0.15) is 5.52 Å². The molecule has 0 saturated carbocycles. The highest BCUT2D eigenvalue weighted by Gasteiger charge is 2.19. The first kappa shape index (κ1) is 11.0. The van der Waals surface area contributed by atoms with Gasteiger partial charge in [-0.2, -0.15) is 0 Å². The van der Waals surface area contributed by atoms with E-state index in [1.54, 1.807) is 20.2 Å². The molecular formula is C9H9F2N3OS. The van der Waals surface area contributed by atoms with Crippen molar-refractivity contribution in [2.75, 3.05) is 19.1 Å². The van der Waals surface area contributed by atoms with Crippen LogP contribution < -0.4 is 5.01 Å². The van der Waals surface area contributed by atoms with E-state index in [0.717, 1.165) is 0 Å². The van der Waals surface area contributed by atoms with Gasteiger partial charge in [-0.05, 0) is 12.1 Å². The number of halogens is 2. The molecule has 1 atom stereocenters. The lowest BCUT2D eigenvalue weighted by Crippen LogP contribution is -2.26. The van der Waals surface area contributed by atoms with Crippen molar-refractivity contribution in [3.8, 4) is 0 Å². The number of nitrogens with zero attached hydrogens (tertiary/aromatic N) is 3. The molecule has 16 heavy (non-hydrogen) atoms. The van der Waals surface area contributed by atoms with Crippen LogP contribution in [-0.2, 0) is 11.2 Å². The molecule has 1 heterocycles. The van der Waals surface area contributed by atoms with E-state index in [-0.39, 0.29) is 10.7 Å². The second kappa shape index (κ2) is 3.82. The van der Waals surface area contributed by atoms with Crippen LogP contribution in [0.4, 0.5) is 8.28 Å². The highest BCUT2D eigenvalue weighted by atomic mass is 32.2.